The number of rotatable bonds is 5. The third-order valence-electron chi connectivity index (χ3n) is 5.03. The number of likely N-dealkylation sites (tertiary alicyclic amines) is 1. The maximum atomic E-state index is 11.3. The van der Waals surface area contributed by atoms with Crippen molar-refractivity contribution in [1.82, 2.24) is 24.2 Å². The Morgan fingerprint density at radius 2 is 2.04 bits per heavy atom. The van der Waals surface area contributed by atoms with Gasteiger partial charge >= 0.3 is 0 Å². The molecule has 0 aromatic carbocycles. The van der Waals surface area contributed by atoms with Crippen molar-refractivity contribution >= 4 is 18.1 Å². The van der Waals surface area contributed by atoms with Crippen LogP contribution >= 0.6 is 12.2 Å². The van der Waals surface area contributed by atoms with Gasteiger partial charge in [0.15, 0.2) is 10.6 Å². The normalized spacial score (nSPS) is 19.2. The van der Waals surface area contributed by atoms with Gasteiger partial charge in [0.25, 0.3) is 0 Å². The summed E-state index contributed by atoms with van der Waals surface area (Å²) in [6.45, 7) is 2.33. The topological polar surface area (TPSA) is 82.0 Å². The molecule has 0 radical (unpaired) electrons. The quantitative estimate of drug-likeness (QED) is 0.827. The van der Waals surface area contributed by atoms with E-state index < -0.39 is 0 Å². The summed E-state index contributed by atoms with van der Waals surface area (Å²) in [5, 5.41) is 4.79. The van der Waals surface area contributed by atoms with Crippen LogP contribution in [0.5, 0.6) is 0 Å². The Morgan fingerprint density at radius 1 is 1.28 bits per heavy atom. The van der Waals surface area contributed by atoms with E-state index in [-0.39, 0.29) is 11.8 Å². The number of piperidine rings is 1. The molecule has 132 valence electrons. The van der Waals surface area contributed by atoms with Crippen molar-refractivity contribution in [2.45, 2.75) is 38.4 Å². The lowest BCUT2D eigenvalue weighted by molar-refractivity contribution is -0.123. The number of amides is 1. The number of nitrogens with zero attached hydrogens (tertiary/aromatic N) is 5. The molecule has 4 rings (SSSR count). The maximum absolute atomic E-state index is 11.3. The van der Waals surface area contributed by atoms with Gasteiger partial charge in [0.05, 0.1) is 6.67 Å². The SMILES string of the molecule is NC(=O)C1CCN(Cn2nc(-c3cccnc3)n(C3CC3)c2=S)CC1. The second-order valence-electron chi connectivity index (χ2n) is 6.88. The third-order valence-corrected chi connectivity index (χ3v) is 5.43. The third kappa shape index (κ3) is 3.36. The van der Waals surface area contributed by atoms with E-state index >= 15 is 0 Å². The molecule has 2 N–H and O–H groups in total. The van der Waals surface area contributed by atoms with Crippen LogP contribution in [0.4, 0.5) is 0 Å². The Bertz CT molecular complexity index is 817. The average molecular weight is 358 g/mol. The molecule has 3 heterocycles. The van der Waals surface area contributed by atoms with Gasteiger partial charge in [0.1, 0.15) is 0 Å². The van der Waals surface area contributed by atoms with Crippen molar-refractivity contribution in [3.63, 3.8) is 0 Å². The molecule has 0 atom stereocenters. The van der Waals surface area contributed by atoms with E-state index in [2.05, 4.69) is 14.5 Å². The minimum Gasteiger partial charge on any atom is -0.369 e. The van der Waals surface area contributed by atoms with E-state index in [4.69, 9.17) is 23.1 Å². The molecule has 0 bridgehead atoms. The number of pyridine rings is 1. The molecule has 7 nitrogen and oxygen atoms in total. The van der Waals surface area contributed by atoms with Crippen molar-refractivity contribution < 1.29 is 4.79 Å². The first-order valence-corrected chi connectivity index (χ1v) is 9.15. The number of aromatic nitrogens is 4. The van der Waals surface area contributed by atoms with Crippen LogP contribution in [0.25, 0.3) is 11.4 Å². The lowest BCUT2D eigenvalue weighted by Gasteiger charge is -2.30. The smallest absolute Gasteiger partial charge is 0.220 e. The molecule has 0 unspecified atom stereocenters. The van der Waals surface area contributed by atoms with E-state index in [9.17, 15) is 4.79 Å². The molecule has 25 heavy (non-hydrogen) atoms. The standard InChI is InChI=1S/C17H22N6OS/c18-15(24)12-5-8-21(9-6-12)11-22-17(25)23(14-3-4-14)16(20-22)13-2-1-7-19-10-13/h1-2,7,10,12,14H,3-6,8-9,11H2,(H2,18,24). The summed E-state index contributed by atoms with van der Waals surface area (Å²) in [5.74, 6) is 0.708. The van der Waals surface area contributed by atoms with E-state index in [1.165, 1.54) is 0 Å². The van der Waals surface area contributed by atoms with Crippen LogP contribution in [-0.2, 0) is 11.5 Å². The minimum absolute atomic E-state index is 0.000743. The zero-order valence-electron chi connectivity index (χ0n) is 14.0. The van der Waals surface area contributed by atoms with E-state index in [1.54, 1.807) is 6.20 Å². The molecule has 0 spiro atoms. The fourth-order valence-corrected chi connectivity index (χ4v) is 3.75. The molecule has 2 aromatic rings. The van der Waals surface area contributed by atoms with Crippen molar-refractivity contribution in [2.24, 2.45) is 11.7 Å². The van der Waals surface area contributed by atoms with Crippen molar-refractivity contribution in [1.29, 1.82) is 0 Å². The van der Waals surface area contributed by atoms with Gasteiger partial charge in [-0.1, -0.05) is 0 Å². The Labute approximate surface area is 151 Å². The van der Waals surface area contributed by atoms with Gasteiger partial charge in [0, 0.05) is 43.0 Å². The maximum Gasteiger partial charge on any atom is 0.220 e. The van der Waals surface area contributed by atoms with Gasteiger partial charge in [-0.25, -0.2) is 4.68 Å². The summed E-state index contributed by atoms with van der Waals surface area (Å²) in [5.41, 5.74) is 6.41. The highest BCUT2D eigenvalue weighted by atomic mass is 32.1. The van der Waals surface area contributed by atoms with Gasteiger partial charge in [-0.15, -0.1) is 0 Å². The predicted octanol–water partition coefficient (Wildman–Crippen LogP) is 1.97. The van der Waals surface area contributed by atoms with E-state index in [1.807, 2.05) is 23.0 Å². The molecule has 2 aliphatic rings. The lowest BCUT2D eigenvalue weighted by atomic mass is 9.97. The minimum atomic E-state index is -0.187. The molecule has 1 aliphatic carbocycles. The zero-order valence-corrected chi connectivity index (χ0v) is 14.9. The molecule has 1 saturated carbocycles. The Kier molecular flexibility index (Phi) is 4.39. The summed E-state index contributed by atoms with van der Waals surface area (Å²) in [6.07, 6.45) is 7.51. The number of hydrogen-bond acceptors (Lipinski definition) is 5. The number of nitrogens with two attached hydrogens (primary N) is 1. The fourth-order valence-electron chi connectivity index (χ4n) is 3.41. The van der Waals surface area contributed by atoms with Crippen LogP contribution in [0.3, 0.4) is 0 Å². The van der Waals surface area contributed by atoms with Crippen LogP contribution in [-0.4, -0.2) is 43.2 Å². The van der Waals surface area contributed by atoms with E-state index in [0.29, 0.717) is 12.7 Å². The second kappa shape index (κ2) is 6.68. The second-order valence-corrected chi connectivity index (χ2v) is 7.25. The summed E-state index contributed by atoms with van der Waals surface area (Å²) in [4.78, 5) is 17.8. The van der Waals surface area contributed by atoms with Crippen LogP contribution in [0.15, 0.2) is 24.5 Å². The Hall–Kier alpha value is -2.06. The first-order valence-electron chi connectivity index (χ1n) is 8.75. The highest BCUT2D eigenvalue weighted by Crippen LogP contribution is 2.38. The molecule has 2 fully saturated rings. The monoisotopic (exact) mass is 358 g/mol. The molecule has 1 aliphatic heterocycles. The number of hydrogen-bond donors (Lipinski definition) is 1. The Balaban J connectivity index is 1.57. The highest BCUT2D eigenvalue weighted by molar-refractivity contribution is 7.71. The predicted molar refractivity (Wildman–Crippen MR) is 96.0 cm³/mol. The van der Waals surface area contributed by atoms with Crippen LogP contribution in [0, 0.1) is 10.7 Å². The van der Waals surface area contributed by atoms with Gasteiger partial charge < -0.3 is 5.73 Å². The summed E-state index contributed by atoms with van der Waals surface area (Å²) >= 11 is 5.70. The van der Waals surface area contributed by atoms with Crippen molar-refractivity contribution in [3.05, 3.63) is 29.3 Å². The summed E-state index contributed by atoms with van der Waals surface area (Å²) < 4.78 is 4.83. The zero-order chi connectivity index (χ0) is 17.4. The van der Waals surface area contributed by atoms with Crippen molar-refractivity contribution in [2.75, 3.05) is 13.1 Å². The van der Waals surface area contributed by atoms with Gasteiger partial charge in [-0.05, 0) is 50.0 Å². The molecule has 2 aromatic heterocycles. The molecule has 1 saturated heterocycles. The number of carbonyl (C=O) groups excluding carboxylic acids is 1. The number of primary amides is 1. The average Bonchev–Trinajstić information content (AvgIpc) is 3.41. The van der Waals surface area contributed by atoms with Gasteiger partial charge in [-0.2, -0.15) is 5.10 Å². The van der Waals surface area contributed by atoms with Crippen LogP contribution in [0.2, 0.25) is 0 Å². The molecular formula is C17H22N6OS. The molecular weight excluding hydrogens is 336 g/mol. The molecule has 1 amide bonds. The largest absolute Gasteiger partial charge is 0.369 e. The Morgan fingerprint density at radius 3 is 2.64 bits per heavy atom. The number of carbonyl (C=O) groups is 1. The first kappa shape index (κ1) is 16.4. The highest BCUT2D eigenvalue weighted by Gasteiger charge is 2.30. The van der Waals surface area contributed by atoms with Crippen molar-refractivity contribution in [3.8, 4) is 11.4 Å². The van der Waals surface area contributed by atoms with E-state index in [0.717, 1.165) is 54.9 Å². The van der Waals surface area contributed by atoms with Gasteiger partial charge in [-0.3, -0.25) is 19.2 Å². The van der Waals surface area contributed by atoms with Crippen LogP contribution < -0.4 is 5.73 Å². The first-order chi connectivity index (χ1) is 12.1. The summed E-state index contributed by atoms with van der Waals surface area (Å²) in [7, 11) is 0. The van der Waals surface area contributed by atoms with Crippen LogP contribution in [0.1, 0.15) is 31.7 Å². The lowest BCUT2D eigenvalue weighted by Crippen LogP contribution is -2.39. The molecule has 8 heteroatoms. The summed E-state index contributed by atoms with van der Waals surface area (Å²) in [6, 6.07) is 4.40. The fraction of sp³-hybridized carbons (Fsp3) is 0.529. The van der Waals surface area contributed by atoms with Gasteiger partial charge in [0.2, 0.25) is 5.91 Å².